The van der Waals surface area contributed by atoms with Gasteiger partial charge in [0.05, 0.1) is 18.8 Å². The van der Waals surface area contributed by atoms with Gasteiger partial charge in [0.2, 0.25) is 5.91 Å². The molecule has 1 aromatic carbocycles. The van der Waals surface area contributed by atoms with Crippen molar-refractivity contribution in [3.8, 4) is 0 Å². The fraction of sp³-hybridized carbons (Fsp3) is 0.467. The van der Waals surface area contributed by atoms with Gasteiger partial charge in [-0.05, 0) is 25.0 Å². The van der Waals surface area contributed by atoms with Crippen molar-refractivity contribution < 1.29 is 4.79 Å². The quantitative estimate of drug-likeness (QED) is 0.583. The number of nitrogens with zero attached hydrogens (tertiary/aromatic N) is 1. The van der Waals surface area contributed by atoms with Crippen LogP contribution < -0.4 is 16.4 Å². The molecule has 5 heteroatoms. The molecule has 0 aromatic heterocycles. The van der Waals surface area contributed by atoms with Crippen LogP contribution in [-0.2, 0) is 4.79 Å². The van der Waals surface area contributed by atoms with Gasteiger partial charge in [0, 0.05) is 11.7 Å². The highest BCUT2D eigenvalue weighted by atomic mass is 16.1. The van der Waals surface area contributed by atoms with E-state index in [4.69, 9.17) is 12.3 Å². The minimum atomic E-state index is -0.00874. The van der Waals surface area contributed by atoms with Crippen LogP contribution in [0.1, 0.15) is 32.1 Å². The molecule has 1 aromatic rings. The summed E-state index contributed by atoms with van der Waals surface area (Å²) in [5, 5.41) is 6.05. The van der Waals surface area contributed by atoms with Crippen LogP contribution >= 0.6 is 0 Å². The van der Waals surface area contributed by atoms with E-state index in [2.05, 4.69) is 15.5 Å². The second-order valence-electron chi connectivity index (χ2n) is 5.14. The van der Waals surface area contributed by atoms with Crippen molar-refractivity contribution in [2.24, 2.45) is 0 Å². The van der Waals surface area contributed by atoms with Crippen LogP contribution in [-0.4, -0.2) is 18.5 Å². The van der Waals surface area contributed by atoms with Gasteiger partial charge < -0.3 is 16.4 Å². The second-order valence-corrected chi connectivity index (χ2v) is 5.14. The topological polar surface area (TPSA) is 71.5 Å². The Balaban J connectivity index is 1.82. The van der Waals surface area contributed by atoms with Crippen molar-refractivity contribution in [2.45, 2.75) is 38.1 Å². The Morgan fingerprint density at radius 3 is 2.75 bits per heavy atom. The van der Waals surface area contributed by atoms with Crippen molar-refractivity contribution in [1.29, 1.82) is 0 Å². The lowest BCUT2D eigenvalue weighted by atomic mass is 9.95. The predicted octanol–water partition coefficient (Wildman–Crippen LogP) is 2.68. The van der Waals surface area contributed by atoms with E-state index in [-0.39, 0.29) is 12.5 Å². The summed E-state index contributed by atoms with van der Waals surface area (Å²) in [5.41, 5.74) is 7.51. The predicted molar refractivity (Wildman–Crippen MR) is 80.6 cm³/mol. The molecule has 20 heavy (non-hydrogen) atoms. The molecular formula is C15H20N4O. The minimum absolute atomic E-state index is 0.00874. The third-order valence-corrected chi connectivity index (χ3v) is 3.57. The molecule has 0 heterocycles. The highest BCUT2D eigenvalue weighted by Gasteiger charge is 2.15. The van der Waals surface area contributed by atoms with E-state index < -0.39 is 0 Å². The van der Waals surface area contributed by atoms with Crippen molar-refractivity contribution in [1.82, 2.24) is 5.32 Å². The lowest BCUT2D eigenvalue weighted by Gasteiger charge is -2.23. The first kappa shape index (κ1) is 14.2. The molecule has 0 unspecified atom stereocenters. The molecule has 0 bridgehead atoms. The van der Waals surface area contributed by atoms with Crippen LogP contribution in [0.25, 0.3) is 4.85 Å². The maximum atomic E-state index is 11.9. The SMILES string of the molecule is [C-]#[N+]c1ccc(NCC(=O)NC2CCCCC2)c(N)c1. The number of anilines is 2. The molecule has 1 fully saturated rings. The number of hydrogen-bond donors (Lipinski definition) is 3. The molecule has 4 N–H and O–H groups in total. The first-order valence-electron chi connectivity index (χ1n) is 6.99. The molecule has 0 atom stereocenters. The Bertz CT molecular complexity index is 515. The molecule has 5 nitrogen and oxygen atoms in total. The summed E-state index contributed by atoms with van der Waals surface area (Å²) in [6, 6.07) is 5.34. The number of rotatable bonds is 4. The molecule has 0 spiro atoms. The number of hydrogen-bond acceptors (Lipinski definition) is 3. The van der Waals surface area contributed by atoms with Crippen molar-refractivity contribution >= 4 is 23.0 Å². The van der Waals surface area contributed by atoms with Crippen LogP contribution in [0.15, 0.2) is 18.2 Å². The Labute approximate surface area is 119 Å². The normalized spacial score (nSPS) is 15.3. The maximum Gasteiger partial charge on any atom is 0.239 e. The number of benzene rings is 1. The summed E-state index contributed by atoms with van der Waals surface area (Å²) in [4.78, 5) is 15.2. The van der Waals surface area contributed by atoms with E-state index in [0.717, 1.165) is 12.8 Å². The molecule has 0 aliphatic heterocycles. The smallest absolute Gasteiger partial charge is 0.239 e. The summed E-state index contributed by atoms with van der Waals surface area (Å²) in [6.45, 7) is 7.12. The van der Waals surface area contributed by atoms with Gasteiger partial charge in [-0.3, -0.25) is 4.79 Å². The number of amides is 1. The van der Waals surface area contributed by atoms with Gasteiger partial charge in [0.1, 0.15) is 0 Å². The molecule has 0 saturated heterocycles. The van der Waals surface area contributed by atoms with Gasteiger partial charge in [0.15, 0.2) is 5.69 Å². The van der Waals surface area contributed by atoms with Crippen LogP contribution in [0.2, 0.25) is 0 Å². The highest BCUT2D eigenvalue weighted by molar-refractivity contribution is 5.83. The van der Waals surface area contributed by atoms with Crippen LogP contribution in [0, 0.1) is 6.57 Å². The van der Waals surface area contributed by atoms with E-state index in [1.165, 1.54) is 19.3 Å². The fourth-order valence-corrected chi connectivity index (χ4v) is 2.48. The molecular weight excluding hydrogens is 252 g/mol. The molecule has 1 saturated carbocycles. The Morgan fingerprint density at radius 2 is 2.10 bits per heavy atom. The zero-order chi connectivity index (χ0) is 14.4. The van der Waals surface area contributed by atoms with Crippen LogP contribution in [0.3, 0.4) is 0 Å². The largest absolute Gasteiger partial charge is 0.398 e. The van der Waals surface area contributed by atoms with Gasteiger partial charge in [-0.2, -0.15) is 0 Å². The Morgan fingerprint density at radius 1 is 1.35 bits per heavy atom. The first-order valence-corrected chi connectivity index (χ1v) is 6.99. The lowest BCUT2D eigenvalue weighted by Crippen LogP contribution is -2.39. The number of nitrogens with two attached hydrogens (primary N) is 1. The van der Waals surface area contributed by atoms with Crippen LogP contribution in [0.5, 0.6) is 0 Å². The first-order chi connectivity index (χ1) is 9.69. The zero-order valence-electron chi connectivity index (χ0n) is 11.5. The third kappa shape index (κ3) is 3.89. The lowest BCUT2D eigenvalue weighted by molar-refractivity contribution is -0.120. The van der Waals surface area contributed by atoms with Crippen LogP contribution in [0.4, 0.5) is 17.1 Å². The van der Waals surface area contributed by atoms with E-state index in [1.54, 1.807) is 18.2 Å². The van der Waals surface area contributed by atoms with E-state index in [9.17, 15) is 4.79 Å². The van der Waals surface area contributed by atoms with Crippen molar-refractivity contribution in [3.63, 3.8) is 0 Å². The standard InChI is InChI=1S/C15H20N4O/c1-17-12-7-8-14(13(16)9-12)18-10-15(20)19-11-5-3-2-4-6-11/h7-9,11,18H,2-6,10,16H2,(H,19,20). The van der Waals surface area contributed by atoms with Gasteiger partial charge in [-0.25, -0.2) is 4.85 Å². The molecule has 1 aliphatic rings. The van der Waals surface area contributed by atoms with E-state index in [0.29, 0.717) is 23.1 Å². The van der Waals surface area contributed by atoms with E-state index in [1.807, 2.05) is 0 Å². The third-order valence-electron chi connectivity index (χ3n) is 3.57. The second kappa shape index (κ2) is 6.80. The minimum Gasteiger partial charge on any atom is -0.398 e. The number of nitrogen functional groups attached to an aromatic ring is 1. The zero-order valence-corrected chi connectivity index (χ0v) is 11.5. The number of nitrogens with one attached hydrogen (secondary N) is 2. The summed E-state index contributed by atoms with van der Waals surface area (Å²) < 4.78 is 0. The molecule has 106 valence electrons. The maximum absolute atomic E-state index is 11.9. The Hall–Kier alpha value is -2.22. The fourth-order valence-electron chi connectivity index (χ4n) is 2.48. The van der Waals surface area contributed by atoms with Gasteiger partial charge in [-0.1, -0.05) is 25.3 Å². The molecule has 1 amide bonds. The monoisotopic (exact) mass is 272 g/mol. The van der Waals surface area contributed by atoms with Crippen molar-refractivity contribution in [3.05, 3.63) is 29.6 Å². The summed E-state index contributed by atoms with van der Waals surface area (Å²) in [6.07, 6.45) is 5.82. The summed E-state index contributed by atoms with van der Waals surface area (Å²) in [7, 11) is 0. The molecule has 1 aliphatic carbocycles. The molecule has 0 radical (unpaired) electrons. The average Bonchev–Trinajstić information content (AvgIpc) is 2.47. The summed E-state index contributed by atoms with van der Waals surface area (Å²) in [5.74, 6) is -0.00874. The highest BCUT2D eigenvalue weighted by Crippen LogP contribution is 2.24. The molecule has 2 rings (SSSR count). The van der Waals surface area contributed by atoms with Gasteiger partial charge in [0.25, 0.3) is 0 Å². The summed E-state index contributed by atoms with van der Waals surface area (Å²) >= 11 is 0. The van der Waals surface area contributed by atoms with Gasteiger partial charge >= 0.3 is 0 Å². The van der Waals surface area contributed by atoms with E-state index >= 15 is 0 Å². The average molecular weight is 272 g/mol. The van der Waals surface area contributed by atoms with Gasteiger partial charge in [-0.15, -0.1) is 0 Å². The number of carbonyl (C=O) groups excluding carboxylic acids is 1. The van der Waals surface area contributed by atoms with Crippen molar-refractivity contribution in [2.75, 3.05) is 17.6 Å². The number of carbonyl (C=O) groups is 1. The Kier molecular flexibility index (Phi) is 4.83.